The molecule has 114 valence electrons. The Morgan fingerprint density at radius 2 is 1.45 bits per heavy atom. The highest BCUT2D eigenvalue weighted by Gasteiger charge is 2.04. The number of hydrogen-bond acceptors (Lipinski definition) is 2. The molecule has 1 unspecified atom stereocenters. The number of hydrogen-bond donors (Lipinski definition) is 2. The smallest absolute Gasteiger partial charge is 0.0767 e. The van der Waals surface area contributed by atoms with Crippen LogP contribution >= 0.6 is 0 Å². The normalized spacial score (nSPS) is 11.6. The molecule has 0 aliphatic heterocycles. The summed E-state index contributed by atoms with van der Waals surface area (Å²) in [5, 5.41) is 20.4. The van der Waals surface area contributed by atoms with E-state index in [4.69, 9.17) is 5.11 Å². The third-order valence-electron chi connectivity index (χ3n) is 3.52. The van der Waals surface area contributed by atoms with E-state index in [2.05, 4.69) is 12.1 Å². The standard InChI is InChI=1S/C12H12O.C8H10O/c1-9(13)11-8-4-6-10-5-2-3-7-12(10)11;9-7-6-8-4-2-1-3-5-8/h2-9,13H,1H3;1-5,9H,6-7H2. The molecule has 0 amide bonds. The molecule has 0 aliphatic rings. The molecule has 0 heterocycles. The van der Waals surface area contributed by atoms with Crippen molar-refractivity contribution < 1.29 is 10.2 Å². The van der Waals surface area contributed by atoms with Gasteiger partial charge in [0.25, 0.3) is 0 Å². The first kappa shape index (κ1) is 16.2. The Morgan fingerprint density at radius 1 is 0.818 bits per heavy atom. The van der Waals surface area contributed by atoms with Crippen molar-refractivity contribution in [2.75, 3.05) is 6.61 Å². The Morgan fingerprint density at radius 3 is 2.14 bits per heavy atom. The molecule has 2 N–H and O–H groups in total. The van der Waals surface area contributed by atoms with Gasteiger partial charge >= 0.3 is 0 Å². The van der Waals surface area contributed by atoms with Gasteiger partial charge in [-0.2, -0.15) is 0 Å². The van der Waals surface area contributed by atoms with Gasteiger partial charge in [0.15, 0.2) is 0 Å². The SMILES string of the molecule is CC(O)c1cccc2ccccc12.OCCc1ccccc1. The first-order valence-electron chi connectivity index (χ1n) is 7.53. The molecule has 3 aromatic carbocycles. The number of rotatable bonds is 3. The zero-order valence-electron chi connectivity index (χ0n) is 12.8. The second-order valence-electron chi connectivity index (χ2n) is 5.20. The maximum Gasteiger partial charge on any atom is 0.0767 e. The van der Waals surface area contributed by atoms with Crippen molar-refractivity contribution in [2.45, 2.75) is 19.4 Å². The molecule has 0 aromatic heterocycles. The van der Waals surface area contributed by atoms with Gasteiger partial charge in [0.1, 0.15) is 0 Å². The van der Waals surface area contributed by atoms with Crippen molar-refractivity contribution in [3.63, 3.8) is 0 Å². The minimum Gasteiger partial charge on any atom is -0.396 e. The monoisotopic (exact) mass is 294 g/mol. The average Bonchev–Trinajstić information content (AvgIpc) is 2.56. The maximum atomic E-state index is 9.52. The summed E-state index contributed by atoms with van der Waals surface area (Å²) >= 11 is 0. The molecule has 2 nitrogen and oxygen atoms in total. The lowest BCUT2D eigenvalue weighted by Gasteiger charge is -2.08. The molecular formula is C20H22O2. The lowest BCUT2D eigenvalue weighted by atomic mass is 10.0. The van der Waals surface area contributed by atoms with Crippen LogP contribution in [0.1, 0.15) is 24.2 Å². The molecule has 1 atom stereocenters. The fourth-order valence-electron chi connectivity index (χ4n) is 2.39. The van der Waals surface area contributed by atoms with E-state index in [1.807, 2.05) is 60.7 Å². The molecular weight excluding hydrogens is 272 g/mol. The molecule has 3 aromatic rings. The zero-order chi connectivity index (χ0) is 15.8. The number of aliphatic hydroxyl groups excluding tert-OH is 2. The van der Waals surface area contributed by atoms with Gasteiger partial charge in [-0.05, 0) is 35.2 Å². The topological polar surface area (TPSA) is 40.5 Å². The molecule has 3 rings (SSSR count). The Hall–Kier alpha value is -2.16. The van der Waals surface area contributed by atoms with Crippen molar-refractivity contribution in [2.24, 2.45) is 0 Å². The Balaban J connectivity index is 0.000000172. The van der Waals surface area contributed by atoms with E-state index in [0.717, 1.165) is 17.4 Å². The number of fused-ring (bicyclic) bond motifs is 1. The van der Waals surface area contributed by atoms with Crippen LogP contribution in [0.4, 0.5) is 0 Å². The van der Waals surface area contributed by atoms with Crippen LogP contribution in [0.15, 0.2) is 72.8 Å². The molecule has 0 spiro atoms. The van der Waals surface area contributed by atoms with Crippen LogP contribution in [0.5, 0.6) is 0 Å². The van der Waals surface area contributed by atoms with Crippen molar-refractivity contribution in [1.82, 2.24) is 0 Å². The summed E-state index contributed by atoms with van der Waals surface area (Å²) in [7, 11) is 0. The summed E-state index contributed by atoms with van der Waals surface area (Å²) in [6, 6.07) is 24.0. The molecule has 0 saturated heterocycles. The van der Waals surface area contributed by atoms with E-state index >= 15 is 0 Å². The summed E-state index contributed by atoms with van der Waals surface area (Å²) in [6.07, 6.45) is 0.368. The minimum absolute atomic E-state index is 0.240. The summed E-state index contributed by atoms with van der Waals surface area (Å²) in [5.74, 6) is 0. The molecule has 0 bridgehead atoms. The van der Waals surface area contributed by atoms with Crippen molar-refractivity contribution >= 4 is 10.8 Å². The van der Waals surface area contributed by atoms with E-state index in [1.54, 1.807) is 6.92 Å². The first-order valence-corrected chi connectivity index (χ1v) is 7.53. The number of benzene rings is 3. The van der Waals surface area contributed by atoms with Gasteiger partial charge in [-0.25, -0.2) is 0 Å². The molecule has 0 radical (unpaired) electrons. The van der Waals surface area contributed by atoms with Gasteiger partial charge in [0.2, 0.25) is 0 Å². The maximum absolute atomic E-state index is 9.52. The Labute approximate surface area is 131 Å². The first-order chi connectivity index (χ1) is 10.7. The average molecular weight is 294 g/mol. The fourth-order valence-corrected chi connectivity index (χ4v) is 2.39. The highest BCUT2D eigenvalue weighted by Crippen LogP contribution is 2.23. The van der Waals surface area contributed by atoms with Crippen LogP contribution in [0.2, 0.25) is 0 Å². The third-order valence-corrected chi connectivity index (χ3v) is 3.52. The van der Waals surface area contributed by atoms with Crippen LogP contribution in [0.3, 0.4) is 0 Å². The van der Waals surface area contributed by atoms with Crippen LogP contribution in [-0.4, -0.2) is 16.8 Å². The van der Waals surface area contributed by atoms with Gasteiger partial charge in [-0.3, -0.25) is 0 Å². The van der Waals surface area contributed by atoms with E-state index in [-0.39, 0.29) is 6.61 Å². The lowest BCUT2D eigenvalue weighted by molar-refractivity contribution is 0.201. The van der Waals surface area contributed by atoms with E-state index in [1.165, 1.54) is 10.9 Å². The van der Waals surface area contributed by atoms with Crippen molar-refractivity contribution in [3.8, 4) is 0 Å². The van der Waals surface area contributed by atoms with Gasteiger partial charge in [0, 0.05) is 6.61 Å². The zero-order valence-corrected chi connectivity index (χ0v) is 12.8. The Bertz CT molecular complexity index is 685. The van der Waals surface area contributed by atoms with Crippen molar-refractivity contribution in [1.29, 1.82) is 0 Å². The van der Waals surface area contributed by atoms with Gasteiger partial charge in [-0.1, -0.05) is 72.8 Å². The summed E-state index contributed by atoms with van der Waals surface area (Å²) in [5.41, 5.74) is 2.19. The largest absolute Gasteiger partial charge is 0.396 e. The van der Waals surface area contributed by atoms with Crippen molar-refractivity contribution in [3.05, 3.63) is 83.9 Å². The summed E-state index contributed by atoms with van der Waals surface area (Å²) in [4.78, 5) is 0. The quantitative estimate of drug-likeness (QED) is 0.763. The molecule has 2 heteroatoms. The second-order valence-corrected chi connectivity index (χ2v) is 5.20. The highest BCUT2D eigenvalue weighted by atomic mass is 16.3. The van der Waals surface area contributed by atoms with Crippen LogP contribution in [0.25, 0.3) is 10.8 Å². The third kappa shape index (κ3) is 4.42. The molecule has 0 fully saturated rings. The molecule has 0 aliphatic carbocycles. The molecule has 22 heavy (non-hydrogen) atoms. The second kappa shape index (κ2) is 8.32. The minimum atomic E-state index is -0.397. The van der Waals surface area contributed by atoms with Crippen LogP contribution in [-0.2, 0) is 6.42 Å². The van der Waals surface area contributed by atoms with Crippen LogP contribution < -0.4 is 0 Å². The van der Waals surface area contributed by atoms with E-state index in [9.17, 15) is 5.11 Å². The lowest BCUT2D eigenvalue weighted by Crippen LogP contribution is -1.91. The molecule has 0 saturated carbocycles. The fraction of sp³-hybridized carbons (Fsp3) is 0.200. The summed E-state index contributed by atoms with van der Waals surface area (Å²) < 4.78 is 0. The predicted octanol–water partition coefficient (Wildman–Crippen LogP) is 4.11. The van der Waals surface area contributed by atoms with Crippen LogP contribution in [0, 0.1) is 0 Å². The van der Waals surface area contributed by atoms with Gasteiger partial charge in [-0.15, -0.1) is 0 Å². The van der Waals surface area contributed by atoms with Gasteiger partial charge < -0.3 is 10.2 Å². The van der Waals surface area contributed by atoms with Gasteiger partial charge in [0.05, 0.1) is 6.10 Å². The van der Waals surface area contributed by atoms with E-state index in [0.29, 0.717) is 0 Å². The Kier molecular flexibility index (Phi) is 6.13. The summed E-state index contributed by atoms with van der Waals surface area (Å²) in [6.45, 7) is 2.03. The van der Waals surface area contributed by atoms with E-state index < -0.39 is 6.10 Å². The predicted molar refractivity (Wildman–Crippen MR) is 91.8 cm³/mol. The number of aliphatic hydroxyl groups is 2. The highest BCUT2D eigenvalue weighted by molar-refractivity contribution is 5.85.